The van der Waals surface area contributed by atoms with Crippen LogP contribution in [0, 0.1) is 0 Å². The zero-order valence-electron chi connectivity index (χ0n) is 16.5. The van der Waals surface area contributed by atoms with Gasteiger partial charge >= 0.3 is 5.97 Å². The molecule has 0 atom stereocenters. The molecule has 2 heterocycles. The van der Waals surface area contributed by atoms with Crippen molar-refractivity contribution in [3.63, 3.8) is 0 Å². The second kappa shape index (κ2) is 7.19. The number of carboxylic acids is 1. The summed E-state index contributed by atoms with van der Waals surface area (Å²) in [4.78, 5) is 16.0. The Morgan fingerprint density at radius 1 is 1.03 bits per heavy atom. The first-order chi connectivity index (χ1) is 14.6. The van der Waals surface area contributed by atoms with Gasteiger partial charge in [-0.1, -0.05) is 36.4 Å². The SMILES string of the molecule is CCn1c2ccccc2c2cc(/C=C(\CC(=O)O)c3nc4ccccc4o3)ccc21. The maximum atomic E-state index is 11.5. The lowest BCUT2D eigenvalue weighted by atomic mass is 10.0. The second-order valence-corrected chi connectivity index (χ2v) is 7.26. The van der Waals surface area contributed by atoms with Gasteiger partial charge in [0.2, 0.25) is 5.89 Å². The van der Waals surface area contributed by atoms with Crippen LogP contribution in [0.25, 0.3) is 44.6 Å². The van der Waals surface area contributed by atoms with Gasteiger partial charge in [-0.3, -0.25) is 4.79 Å². The van der Waals surface area contributed by atoms with Crippen LogP contribution in [0.4, 0.5) is 0 Å². The molecule has 5 heteroatoms. The smallest absolute Gasteiger partial charge is 0.308 e. The molecule has 0 radical (unpaired) electrons. The third kappa shape index (κ3) is 3.05. The van der Waals surface area contributed by atoms with Crippen LogP contribution in [0.2, 0.25) is 0 Å². The molecule has 0 bridgehead atoms. The lowest BCUT2D eigenvalue weighted by molar-refractivity contribution is -0.135. The molecule has 2 aromatic heterocycles. The molecule has 1 N–H and O–H groups in total. The van der Waals surface area contributed by atoms with Gasteiger partial charge in [-0.05, 0) is 48.9 Å². The zero-order valence-corrected chi connectivity index (χ0v) is 16.5. The average molecular weight is 396 g/mol. The molecular weight excluding hydrogens is 376 g/mol. The van der Waals surface area contributed by atoms with Crippen molar-refractivity contribution in [3.8, 4) is 0 Å². The maximum absolute atomic E-state index is 11.5. The minimum atomic E-state index is -0.924. The Bertz CT molecular complexity index is 1410. The van der Waals surface area contributed by atoms with Crippen LogP contribution in [-0.4, -0.2) is 20.6 Å². The fraction of sp³-hybridized carbons (Fsp3) is 0.120. The number of hydrogen-bond donors (Lipinski definition) is 1. The molecule has 148 valence electrons. The molecule has 3 aromatic carbocycles. The van der Waals surface area contributed by atoms with Crippen molar-refractivity contribution in [2.45, 2.75) is 19.9 Å². The van der Waals surface area contributed by atoms with E-state index in [1.54, 1.807) is 0 Å². The summed E-state index contributed by atoms with van der Waals surface area (Å²) in [5.74, 6) is -0.582. The molecule has 0 amide bonds. The molecule has 30 heavy (non-hydrogen) atoms. The first-order valence-corrected chi connectivity index (χ1v) is 9.93. The van der Waals surface area contributed by atoms with Crippen molar-refractivity contribution >= 4 is 50.5 Å². The van der Waals surface area contributed by atoms with E-state index < -0.39 is 5.97 Å². The van der Waals surface area contributed by atoms with Crippen LogP contribution in [-0.2, 0) is 11.3 Å². The van der Waals surface area contributed by atoms with Crippen molar-refractivity contribution in [3.05, 3.63) is 78.2 Å². The number of benzene rings is 3. The number of aryl methyl sites for hydroxylation is 1. The topological polar surface area (TPSA) is 68.3 Å². The van der Waals surface area contributed by atoms with E-state index in [-0.39, 0.29) is 6.42 Å². The number of oxazole rings is 1. The van der Waals surface area contributed by atoms with Crippen molar-refractivity contribution < 1.29 is 14.3 Å². The molecule has 0 aliphatic carbocycles. The van der Waals surface area contributed by atoms with Gasteiger partial charge in [-0.15, -0.1) is 0 Å². The Labute approximate surface area is 172 Å². The highest BCUT2D eigenvalue weighted by Crippen LogP contribution is 2.31. The van der Waals surface area contributed by atoms with Crippen molar-refractivity contribution in [2.75, 3.05) is 0 Å². The summed E-state index contributed by atoms with van der Waals surface area (Å²) in [5, 5.41) is 11.8. The van der Waals surface area contributed by atoms with Gasteiger partial charge in [0, 0.05) is 33.9 Å². The van der Waals surface area contributed by atoms with E-state index in [0.29, 0.717) is 22.6 Å². The molecule has 0 spiro atoms. The molecular formula is C25H20N2O3. The van der Waals surface area contributed by atoms with Crippen LogP contribution < -0.4 is 0 Å². The predicted octanol–water partition coefficient (Wildman–Crippen LogP) is 5.97. The van der Waals surface area contributed by atoms with E-state index in [1.807, 2.05) is 48.5 Å². The fourth-order valence-electron chi connectivity index (χ4n) is 4.06. The molecule has 5 nitrogen and oxygen atoms in total. The highest BCUT2D eigenvalue weighted by atomic mass is 16.4. The summed E-state index contributed by atoms with van der Waals surface area (Å²) in [7, 11) is 0. The van der Waals surface area contributed by atoms with Crippen LogP contribution in [0.5, 0.6) is 0 Å². The number of hydrogen-bond acceptors (Lipinski definition) is 3. The summed E-state index contributed by atoms with van der Waals surface area (Å²) < 4.78 is 8.12. The van der Waals surface area contributed by atoms with Crippen molar-refractivity contribution in [2.24, 2.45) is 0 Å². The number of carboxylic acid groups (broad SMARTS) is 1. The third-order valence-electron chi connectivity index (χ3n) is 5.36. The highest BCUT2D eigenvalue weighted by Gasteiger charge is 2.15. The number of aliphatic carboxylic acids is 1. The average Bonchev–Trinajstić information content (AvgIpc) is 3.32. The van der Waals surface area contributed by atoms with Gasteiger partial charge in [0.1, 0.15) is 5.52 Å². The first kappa shape index (κ1) is 18.2. The molecule has 5 rings (SSSR count). The molecule has 0 saturated carbocycles. The van der Waals surface area contributed by atoms with Gasteiger partial charge < -0.3 is 14.1 Å². The Hall–Kier alpha value is -3.86. The Kier molecular flexibility index (Phi) is 4.36. The Balaban J connectivity index is 1.67. The van der Waals surface area contributed by atoms with Crippen LogP contribution in [0.3, 0.4) is 0 Å². The minimum Gasteiger partial charge on any atom is -0.481 e. The van der Waals surface area contributed by atoms with Crippen molar-refractivity contribution in [1.82, 2.24) is 9.55 Å². The maximum Gasteiger partial charge on any atom is 0.308 e. The summed E-state index contributed by atoms with van der Waals surface area (Å²) in [6.07, 6.45) is 1.69. The fourth-order valence-corrected chi connectivity index (χ4v) is 4.06. The number of fused-ring (bicyclic) bond motifs is 4. The molecule has 0 aliphatic rings. The van der Waals surface area contributed by atoms with Gasteiger partial charge in [0.05, 0.1) is 6.42 Å². The number of carbonyl (C=O) groups is 1. The normalized spacial score (nSPS) is 12.2. The van der Waals surface area contributed by atoms with Crippen LogP contribution >= 0.6 is 0 Å². The minimum absolute atomic E-state index is 0.165. The van der Waals surface area contributed by atoms with E-state index in [1.165, 1.54) is 10.9 Å². The predicted molar refractivity (Wildman–Crippen MR) is 119 cm³/mol. The number of rotatable bonds is 5. The second-order valence-electron chi connectivity index (χ2n) is 7.26. The number of nitrogens with zero attached hydrogens (tertiary/aromatic N) is 2. The molecule has 0 unspecified atom stereocenters. The lowest BCUT2D eigenvalue weighted by Crippen LogP contribution is -1.97. The molecule has 0 fully saturated rings. The Morgan fingerprint density at radius 3 is 2.60 bits per heavy atom. The summed E-state index contributed by atoms with van der Waals surface area (Å²) in [6, 6.07) is 22.0. The van der Waals surface area contributed by atoms with E-state index in [9.17, 15) is 9.90 Å². The van der Waals surface area contributed by atoms with Gasteiger partial charge in [-0.25, -0.2) is 4.98 Å². The standard InChI is InChI=1S/C25H20N2O3/c1-2-27-21-9-5-3-7-18(21)19-14-16(11-12-22(19)27)13-17(15-24(28)29)25-26-20-8-4-6-10-23(20)30-25/h3-14H,2,15H2,1H3,(H,28,29)/b17-13+. The van der Waals surface area contributed by atoms with Crippen molar-refractivity contribution in [1.29, 1.82) is 0 Å². The summed E-state index contributed by atoms with van der Waals surface area (Å²) in [6.45, 7) is 3.02. The largest absolute Gasteiger partial charge is 0.481 e. The summed E-state index contributed by atoms with van der Waals surface area (Å²) in [5.41, 5.74) is 5.17. The van der Waals surface area contributed by atoms with E-state index in [0.717, 1.165) is 23.0 Å². The number of para-hydroxylation sites is 3. The number of aromatic nitrogens is 2. The highest BCUT2D eigenvalue weighted by molar-refractivity contribution is 6.09. The third-order valence-corrected chi connectivity index (χ3v) is 5.36. The monoisotopic (exact) mass is 396 g/mol. The van der Waals surface area contributed by atoms with Crippen LogP contribution in [0.15, 0.2) is 71.1 Å². The zero-order chi connectivity index (χ0) is 20.7. The first-order valence-electron chi connectivity index (χ1n) is 9.93. The van der Waals surface area contributed by atoms with Gasteiger partial charge in [0.25, 0.3) is 0 Å². The van der Waals surface area contributed by atoms with E-state index in [4.69, 9.17) is 4.42 Å². The van der Waals surface area contributed by atoms with E-state index in [2.05, 4.69) is 40.7 Å². The lowest BCUT2D eigenvalue weighted by Gasteiger charge is -2.04. The van der Waals surface area contributed by atoms with Crippen LogP contribution in [0.1, 0.15) is 24.8 Å². The van der Waals surface area contributed by atoms with Gasteiger partial charge in [0.15, 0.2) is 5.58 Å². The Morgan fingerprint density at radius 2 is 1.80 bits per heavy atom. The quantitative estimate of drug-likeness (QED) is 0.397. The molecule has 0 aliphatic heterocycles. The molecule has 0 saturated heterocycles. The summed E-state index contributed by atoms with van der Waals surface area (Å²) >= 11 is 0. The molecule has 5 aromatic rings. The van der Waals surface area contributed by atoms with Gasteiger partial charge in [-0.2, -0.15) is 0 Å². The van der Waals surface area contributed by atoms with E-state index >= 15 is 0 Å².